The Bertz CT molecular complexity index is 1390. The number of alkyl halides is 3. The average Bonchev–Trinajstić information content (AvgIpc) is 3.41. The monoisotopic (exact) mass is 524 g/mol. The molecule has 10 heteroatoms. The molecular formula is C28H31F3N6O. The first-order chi connectivity index (χ1) is 18.1. The first kappa shape index (κ1) is 25.1. The highest BCUT2D eigenvalue weighted by atomic mass is 19.4. The van der Waals surface area contributed by atoms with Crippen molar-refractivity contribution in [2.75, 3.05) is 24.5 Å². The van der Waals surface area contributed by atoms with Crippen LogP contribution in [0.2, 0.25) is 0 Å². The molecule has 3 aromatic rings. The fourth-order valence-corrected chi connectivity index (χ4v) is 6.60. The van der Waals surface area contributed by atoms with Crippen LogP contribution in [0, 0.1) is 11.8 Å². The van der Waals surface area contributed by atoms with E-state index >= 15 is 0 Å². The minimum absolute atomic E-state index is 0.0420. The second kappa shape index (κ2) is 8.91. The lowest BCUT2D eigenvalue weighted by molar-refractivity contribution is -0.138. The van der Waals surface area contributed by atoms with Crippen molar-refractivity contribution in [3.63, 3.8) is 0 Å². The summed E-state index contributed by atoms with van der Waals surface area (Å²) in [5.41, 5.74) is 6.90. The molecule has 2 fully saturated rings. The highest BCUT2D eigenvalue weighted by Crippen LogP contribution is 2.52. The Morgan fingerprint density at radius 3 is 2.55 bits per heavy atom. The summed E-state index contributed by atoms with van der Waals surface area (Å²) >= 11 is 0. The Hall–Kier alpha value is -3.24. The molecule has 38 heavy (non-hydrogen) atoms. The molecule has 1 amide bonds. The summed E-state index contributed by atoms with van der Waals surface area (Å²) in [5, 5.41) is 8.46. The standard InChI is InChI=1S/C28H31F3N6O/c1-17-9-27(10-17,26-34-33-16-35(26)2)20-4-3-5-21(8-20)37-15-23-22(25(37)38)6-18(7-24(23)28(29,30)31)12-36-13-19(11-32)14-36/h3-8,16-17,19H,9-15,32H2,1-2H3. The molecule has 0 radical (unpaired) electrons. The van der Waals surface area contributed by atoms with Crippen LogP contribution in [0.3, 0.4) is 0 Å². The predicted molar refractivity (Wildman–Crippen MR) is 136 cm³/mol. The topological polar surface area (TPSA) is 80.3 Å². The van der Waals surface area contributed by atoms with Gasteiger partial charge in [-0.3, -0.25) is 9.69 Å². The molecule has 6 rings (SSSR count). The number of nitrogens with two attached hydrogens (primary N) is 1. The second-order valence-corrected chi connectivity index (χ2v) is 11.3. The smallest absolute Gasteiger partial charge is 0.330 e. The number of benzene rings is 2. The summed E-state index contributed by atoms with van der Waals surface area (Å²) in [5.74, 6) is 1.34. The van der Waals surface area contributed by atoms with Crippen LogP contribution in [0.25, 0.3) is 0 Å². The number of hydrogen-bond donors (Lipinski definition) is 1. The Balaban J connectivity index is 1.34. The average molecular weight is 525 g/mol. The zero-order chi connectivity index (χ0) is 26.8. The van der Waals surface area contributed by atoms with Crippen LogP contribution in [0.1, 0.15) is 58.2 Å². The van der Waals surface area contributed by atoms with Gasteiger partial charge < -0.3 is 15.2 Å². The van der Waals surface area contributed by atoms with Crippen LogP contribution in [-0.4, -0.2) is 45.2 Å². The highest BCUT2D eigenvalue weighted by Gasteiger charge is 2.48. The minimum atomic E-state index is -4.55. The maximum atomic E-state index is 14.2. The van der Waals surface area contributed by atoms with Gasteiger partial charge in [-0.15, -0.1) is 10.2 Å². The van der Waals surface area contributed by atoms with Gasteiger partial charge in [0.25, 0.3) is 5.91 Å². The van der Waals surface area contributed by atoms with Gasteiger partial charge in [-0.25, -0.2) is 0 Å². The zero-order valence-corrected chi connectivity index (χ0v) is 21.5. The molecule has 0 bridgehead atoms. The van der Waals surface area contributed by atoms with E-state index in [9.17, 15) is 18.0 Å². The first-order valence-corrected chi connectivity index (χ1v) is 13.0. The van der Waals surface area contributed by atoms with E-state index in [4.69, 9.17) is 5.73 Å². The van der Waals surface area contributed by atoms with Crippen LogP contribution in [0.5, 0.6) is 0 Å². The molecule has 200 valence electrons. The molecule has 2 aromatic carbocycles. The summed E-state index contributed by atoms with van der Waals surface area (Å²) in [7, 11) is 1.91. The van der Waals surface area contributed by atoms with E-state index in [-0.39, 0.29) is 23.1 Å². The lowest BCUT2D eigenvalue weighted by atomic mass is 9.58. The van der Waals surface area contributed by atoms with Crippen molar-refractivity contribution >= 4 is 11.6 Å². The maximum absolute atomic E-state index is 14.2. The van der Waals surface area contributed by atoms with E-state index in [0.717, 1.165) is 37.3 Å². The van der Waals surface area contributed by atoms with Crippen molar-refractivity contribution in [2.45, 2.75) is 44.4 Å². The van der Waals surface area contributed by atoms with Gasteiger partial charge in [0.15, 0.2) is 0 Å². The molecular weight excluding hydrogens is 493 g/mol. The third-order valence-corrected chi connectivity index (χ3v) is 8.42. The number of anilines is 1. The van der Waals surface area contributed by atoms with Gasteiger partial charge in [0, 0.05) is 37.9 Å². The number of halogens is 3. The van der Waals surface area contributed by atoms with E-state index in [1.54, 1.807) is 18.5 Å². The number of likely N-dealkylation sites (tertiary alicyclic amines) is 1. The van der Waals surface area contributed by atoms with E-state index in [1.165, 1.54) is 11.0 Å². The molecule has 2 aliphatic heterocycles. The van der Waals surface area contributed by atoms with Crippen molar-refractivity contribution in [3.8, 4) is 0 Å². The fourth-order valence-electron chi connectivity index (χ4n) is 6.60. The summed E-state index contributed by atoms with van der Waals surface area (Å²) in [6.07, 6.45) is -1.10. The number of amides is 1. The lowest BCUT2D eigenvalue weighted by Gasteiger charge is -2.46. The van der Waals surface area contributed by atoms with E-state index in [2.05, 4.69) is 22.0 Å². The minimum Gasteiger partial charge on any atom is -0.330 e. The number of fused-ring (bicyclic) bond motifs is 1. The number of aromatic nitrogens is 3. The Morgan fingerprint density at radius 2 is 1.92 bits per heavy atom. The van der Waals surface area contributed by atoms with Gasteiger partial charge in [0.1, 0.15) is 12.2 Å². The molecule has 1 saturated carbocycles. The van der Waals surface area contributed by atoms with Gasteiger partial charge >= 0.3 is 6.18 Å². The largest absolute Gasteiger partial charge is 0.416 e. The van der Waals surface area contributed by atoms with Gasteiger partial charge in [0.2, 0.25) is 0 Å². The van der Waals surface area contributed by atoms with E-state index < -0.39 is 17.6 Å². The summed E-state index contributed by atoms with van der Waals surface area (Å²) in [4.78, 5) is 17.1. The number of carbonyl (C=O) groups excluding carboxylic acids is 1. The van der Waals surface area contributed by atoms with Crippen LogP contribution in [0.15, 0.2) is 42.7 Å². The van der Waals surface area contributed by atoms with Crippen LogP contribution >= 0.6 is 0 Å². The number of carbonyl (C=O) groups is 1. The number of aryl methyl sites for hydroxylation is 1. The SMILES string of the molecule is CC1CC(c2cccc(N3Cc4c(cc(CN5CC(CN)C5)cc4C(F)(F)F)C3=O)c2)(c2nncn2C)C1. The lowest BCUT2D eigenvalue weighted by Crippen LogP contribution is -2.49. The number of rotatable bonds is 6. The van der Waals surface area contributed by atoms with Crippen molar-refractivity contribution in [3.05, 3.63) is 76.4 Å². The van der Waals surface area contributed by atoms with Crippen LogP contribution in [-0.2, 0) is 31.7 Å². The molecule has 0 unspecified atom stereocenters. The Kier molecular flexibility index (Phi) is 5.88. The molecule has 1 saturated heterocycles. The Labute approximate surface area is 219 Å². The highest BCUT2D eigenvalue weighted by molar-refractivity contribution is 6.10. The van der Waals surface area contributed by atoms with E-state index in [0.29, 0.717) is 36.2 Å². The molecule has 3 aliphatic rings. The normalized spacial score (nSPS) is 23.9. The molecule has 7 nitrogen and oxygen atoms in total. The summed E-state index contributed by atoms with van der Waals surface area (Å²) in [6.45, 7) is 4.53. The number of hydrogen-bond acceptors (Lipinski definition) is 5. The van der Waals surface area contributed by atoms with Gasteiger partial charge in [0.05, 0.1) is 17.5 Å². The summed E-state index contributed by atoms with van der Waals surface area (Å²) in [6, 6.07) is 10.5. The summed E-state index contributed by atoms with van der Waals surface area (Å²) < 4.78 is 44.4. The quantitative estimate of drug-likeness (QED) is 0.525. The molecule has 1 aliphatic carbocycles. The van der Waals surface area contributed by atoms with Crippen molar-refractivity contribution < 1.29 is 18.0 Å². The third kappa shape index (κ3) is 4.01. The van der Waals surface area contributed by atoms with Crippen molar-refractivity contribution in [1.29, 1.82) is 0 Å². The third-order valence-electron chi connectivity index (χ3n) is 8.42. The second-order valence-electron chi connectivity index (χ2n) is 11.3. The van der Waals surface area contributed by atoms with Crippen molar-refractivity contribution in [1.82, 2.24) is 19.7 Å². The maximum Gasteiger partial charge on any atom is 0.416 e. The number of nitrogens with zero attached hydrogens (tertiary/aromatic N) is 5. The predicted octanol–water partition coefficient (Wildman–Crippen LogP) is 4.10. The Morgan fingerprint density at radius 1 is 1.16 bits per heavy atom. The van der Waals surface area contributed by atoms with Gasteiger partial charge in [-0.2, -0.15) is 13.2 Å². The first-order valence-electron chi connectivity index (χ1n) is 13.0. The molecule has 1 aromatic heterocycles. The van der Waals surface area contributed by atoms with Gasteiger partial charge in [-0.05, 0) is 72.2 Å². The fraction of sp³-hybridized carbons (Fsp3) is 0.464. The van der Waals surface area contributed by atoms with Crippen LogP contribution < -0.4 is 10.6 Å². The van der Waals surface area contributed by atoms with Crippen molar-refractivity contribution in [2.24, 2.45) is 24.6 Å². The van der Waals surface area contributed by atoms with E-state index in [1.807, 2.05) is 29.8 Å². The zero-order valence-electron chi connectivity index (χ0n) is 21.5. The van der Waals surface area contributed by atoms with Gasteiger partial charge in [-0.1, -0.05) is 19.1 Å². The van der Waals surface area contributed by atoms with Crippen LogP contribution in [0.4, 0.5) is 18.9 Å². The molecule has 0 spiro atoms. The molecule has 0 atom stereocenters. The molecule has 2 N–H and O–H groups in total. The molecule has 3 heterocycles.